The molecule has 2 aromatic carbocycles. The number of halogens is 1. The van der Waals surface area contributed by atoms with Gasteiger partial charge in [-0.3, -0.25) is 4.99 Å². The molecule has 1 aliphatic heterocycles. The lowest BCUT2D eigenvalue weighted by Crippen LogP contribution is -2.45. The number of fused-ring (bicyclic) bond motifs is 1. The first kappa shape index (κ1) is 24.9. The molecule has 0 fully saturated rings. The quantitative estimate of drug-likeness (QED) is 0.323. The van der Waals surface area contributed by atoms with E-state index in [1.165, 1.54) is 0 Å². The molecular weight excluding hydrogens is 509 g/mol. The van der Waals surface area contributed by atoms with E-state index < -0.39 is 0 Å². The zero-order valence-corrected chi connectivity index (χ0v) is 21.3. The normalized spacial score (nSPS) is 16.8. The number of nitrogens with zero attached hydrogens (tertiary/aromatic N) is 1. The highest BCUT2D eigenvalue weighted by Crippen LogP contribution is 2.40. The second-order valence-corrected chi connectivity index (χ2v) is 7.72. The summed E-state index contributed by atoms with van der Waals surface area (Å²) in [6.45, 7) is 4.71. The van der Waals surface area contributed by atoms with Gasteiger partial charge in [0.2, 0.25) is 5.75 Å². The number of hydrogen-bond donors (Lipinski definition) is 2. The van der Waals surface area contributed by atoms with Crippen LogP contribution in [0, 0.1) is 0 Å². The zero-order chi connectivity index (χ0) is 21.7. The van der Waals surface area contributed by atoms with E-state index in [-0.39, 0.29) is 35.6 Å². The minimum absolute atomic E-state index is 0. The Labute approximate surface area is 201 Å². The molecule has 1 heterocycles. The Morgan fingerprint density at radius 3 is 2.42 bits per heavy atom. The van der Waals surface area contributed by atoms with E-state index in [4.69, 9.17) is 18.9 Å². The summed E-state index contributed by atoms with van der Waals surface area (Å²) >= 11 is 0. The first-order valence-electron chi connectivity index (χ1n) is 9.95. The van der Waals surface area contributed by atoms with Gasteiger partial charge in [-0.2, -0.15) is 0 Å². The Morgan fingerprint density at radius 2 is 1.77 bits per heavy atom. The van der Waals surface area contributed by atoms with Crippen LogP contribution >= 0.6 is 24.0 Å². The van der Waals surface area contributed by atoms with Crippen molar-refractivity contribution in [3.05, 3.63) is 47.5 Å². The van der Waals surface area contributed by atoms with E-state index >= 15 is 0 Å². The number of ether oxygens (including phenoxy) is 4. The van der Waals surface area contributed by atoms with Crippen LogP contribution in [-0.2, 0) is 6.54 Å². The highest BCUT2D eigenvalue weighted by molar-refractivity contribution is 14.0. The molecule has 0 saturated heterocycles. The van der Waals surface area contributed by atoms with Crippen molar-refractivity contribution in [2.45, 2.75) is 38.5 Å². The standard InChI is InChI=1S/C23H31N3O4.HI/c1-23(2)13-17(16-9-7-8-10-18(16)30-23)26-22(24-3)25-14-15-11-12-19(27-4)21(29-6)20(15)28-5;/h7-12,17H,13-14H2,1-6H3,(H2,24,25,26);1H. The number of rotatable bonds is 6. The minimum atomic E-state index is -0.266. The summed E-state index contributed by atoms with van der Waals surface area (Å²) in [4.78, 5) is 4.41. The SMILES string of the molecule is CN=C(NCc1ccc(OC)c(OC)c1OC)NC1CC(C)(C)Oc2ccccc21.I. The van der Waals surface area contributed by atoms with Crippen molar-refractivity contribution in [2.75, 3.05) is 28.4 Å². The summed E-state index contributed by atoms with van der Waals surface area (Å²) in [6, 6.07) is 12.0. The van der Waals surface area contributed by atoms with Gasteiger partial charge in [-0.1, -0.05) is 18.2 Å². The third-order valence-electron chi connectivity index (χ3n) is 5.14. The Morgan fingerprint density at radius 1 is 1.06 bits per heavy atom. The molecule has 0 saturated carbocycles. The summed E-state index contributed by atoms with van der Waals surface area (Å²) in [5.41, 5.74) is 1.80. The molecule has 0 amide bonds. The molecule has 0 bridgehead atoms. The molecule has 7 nitrogen and oxygen atoms in total. The number of benzene rings is 2. The van der Waals surface area contributed by atoms with Gasteiger partial charge in [-0.05, 0) is 32.0 Å². The van der Waals surface area contributed by atoms with Gasteiger partial charge < -0.3 is 29.6 Å². The minimum Gasteiger partial charge on any atom is -0.493 e. The average molecular weight is 541 g/mol. The molecule has 1 unspecified atom stereocenters. The summed E-state index contributed by atoms with van der Waals surface area (Å²) in [5, 5.41) is 6.91. The molecule has 2 N–H and O–H groups in total. The molecule has 170 valence electrons. The van der Waals surface area contributed by atoms with Crippen molar-refractivity contribution in [3.63, 3.8) is 0 Å². The average Bonchev–Trinajstić information content (AvgIpc) is 2.74. The Balaban J connectivity index is 0.00000341. The zero-order valence-electron chi connectivity index (χ0n) is 18.9. The molecule has 3 rings (SSSR count). The smallest absolute Gasteiger partial charge is 0.203 e. The van der Waals surface area contributed by atoms with Gasteiger partial charge in [0.1, 0.15) is 11.4 Å². The van der Waals surface area contributed by atoms with Gasteiger partial charge in [-0.25, -0.2) is 0 Å². The van der Waals surface area contributed by atoms with Crippen LogP contribution < -0.4 is 29.6 Å². The van der Waals surface area contributed by atoms with Gasteiger partial charge in [0, 0.05) is 31.1 Å². The van der Waals surface area contributed by atoms with Crippen molar-refractivity contribution < 1.29 is 18.9 Å². The van der Waals surface area contributed by atoms with Crippen LogP contribution in [0.4, 0.5) is 0 Å². The largest absolute Gasteiger partial charge is 0.493 e. The molecule has 8 heteroatoms. The molecule has 0 aromatic heterocycles. The lowest BCUT2D eigenvalue weighted by atomic mass is 9.90. The fourth-order valence-electron chi connectivity index (χ4n) is 3.77. The molecule has 1 aliphatic rings. The number of methoxy groups -OCH3 is 3. The summed E-state index contributed by atoms with van der Waals surface area (Å²) in [5.74, 6) is 3.44. The van der Waals surface area contributed by atoms with E-state index in [0.717, 1.165) is 23.3 Å². The first-order chi connectivity index (χ1) is 14.4. The molecule has 0 spiro atoms. The van der Waals surface area contributed by atoms with E-state index in [1.807, 2.05) is 30.3 Å². The molecule has 1 atom stereocenters. The second-order valence-electron chi connectivity index (χ2n) is 7.72. The van der Waals surface area contributed by atoms with Crippen molar-refractivity contribution in [3.8, 4) is 23.0 Å². The van der Waals surface area contributed by atoms with E-state index in [9.17, 15) is 0 Å². The molecule has 31 heavy (non-hydrogen) atoms. The highest BCUT2D eigenvalue weighted by atomic mass is 127. The number of aliphatic imine (C=N–C) groups is 1. The third kappa shape index (κ3) is 5.66. The van der Waals surface area contributed by atoms with Gasteiger partial charge >= 0.3 is 0 Å². The van der Waals surface area contributed by atoms with Crippen LogP contribution in [0.15, 0.2) is 41.4 Å². The maximum atomic E-state index is 6.13. The van der Waals surface area contributed by atoms with Crippen molar-refractivity contribution in [2.24, 2.45) is 4.99 Å². The number of guanidine groups is 1. The van der Waals surface area contributed by atoms with Crippen LogP contribution in [0.2, 0.25) is 0 Å². The first-order valence-corrected chi connectivity index (χ1v) is 9.95. The number of para-hydroxylation sites is 1. The predicted octanol–water partition coefficient (Wildman–Crippen LogP) is 4.30. The third-order valence-corrected chi connectivity index (χ3v) is 5.14. The predicted molar refractivity (Wildman–Crippen MR) is 133 cm³/mol. The Bertz CT molecular complexity index is 918. The van der Waals surface area contributed by atoms with Crippen molar-refractivity contribution >= 4 is 29.9 Å². The molecular formula is C23H32IN3O4. The summed E-state index contributed by atoms with van der Waals surface area (Å²) < 4.78 is 22.5. The van der Waals surface area contributed by atoms with Crippen molar-refractivity contribution in [1.82, 2.24) is 10.6 Å². The summed E-state index contributed by atoms with van der Waals surface area (Å²) in [6.07, 6.45) is 0.824. The molecule has 0 radical (unpaired) electrons. The van der Waals surface area contributed by atoms with Crippen LogP contribution in [0.1, 0.15) is 37.4 Å². The van der Waals surface area contributed by atoms with Crippen LogP contribution in [0.5, 0.6) is 23.0 Å². The second kappa shape index (κ2) is 10.8. The Kier molecular flexibility index (Phi) is 8.67. The van der Waals surface area contributed by atoms with Crippen LogP contribution in [-0.4, -0.2) is 39.9 Å². The maximum absolute atomic E-state index is 6.13. The van der Waals surface area contributed by atoms with E-state index in [2.05, 4.69) is 35.5 Å². The summed E-state index contributed by atoms with van der Waals surface area (Å²) in [7, 11) is 6.59. The van der Waals surface area contributed by atoms with Gasteiger partial charge in [-0.15, -0.1) is 24.0 Å². The highest BCUT2D eigenvalue weighted by Gasteiger charge is 2.34. The molecule has 2 aromatic rings. The van der Waals surface area contributed by atoms with Gasteiger partial charge in [0.05, 0.1) is 27.4 Å². The fraction of sp³-hybridized carbons (Fsp3) is 0.435. The van der Waals surface area contributed by atoms with Gasteiger partial charge in [0.15, 0.2) is 17.5 Å². The van der Waals surface area contributed by atoms with Gasteiger partial charge in [0.25, 0.3) is 0 Å². The van der Waals surface area contributed by atoms with Crippen molar-refractivity contribution in [1.29, 1.82) is 0 Å². The fourth-order valence-corrected chi connectivity index (χ4v) is 3.77. The van der Waals surface area contributed by atoms with E-state index in [1.54, 1.807) is 28.4 Å². The topological polar surface area (TPSA) is 73.3 Å². The lowest BCUT2D eigenvalue weighted by molar-refractivity contribution is 0.0694. The number of nitrogens with one attached hydrogen (secondary N) is 2. The van der Waals surface area contributed by atoms with E-state index in [0.29, 0.717) is 29.8 Å². The Hall–Kier alpha value is -2.36. The van der Waals surface area contributed by atoms with Crippen LogP contribution in [0.3, 0.4) is 0 Å². The van der Waals surface area contributed by atoms with Crippen LogP contribution in [0.25, 0.3) is 0 Å². The lowest BCUT2D eigenvalue weighted by Gasteiger charge is -2.38. The monoisotopic (exact) mass is 541 g/mol. The molecule has 0 aliphatic carbocycles. The maximum Gasteiger partial charge on any atom is 0.203 e. The number of hydrogen-bond acceptors (Lipinski definition) is 5.